The van der Waals surface area contributed by atoms with Gasteiger partial charge in [-0.25, -0.2) is 9.97 Å². The van der Waals surface area contributed by atoms with Crippen molar-refractivity contribution in [2.75, 3.05) is 13.2 Å². The lowest BCUT2D eigenvalue weighted by atomic mass is 10.3. The molecule has 6 heteroatoms. The molecule has 98 valence electrons. The first-order valence-electron chi connectivity index (χ1n) is 5.73. The number of benzene rings is 1. The van der Waals surface area contributed by atoms with Crippen LogP contribution in [0.4, 0.5) is 0 Å². The quantitative estimate of drug-likeness (QED) is 0.461. The summed E-state index contributed by atoms with van der Waals surface area (Å²) in [5, 5.41) is 7.36. The van der Waals surface area contributed by atoms with E-state index in [4.69, 9.17) is 20.6 Å². The van der Waals surface area contributed by atoms with Crippen LogP contribution in [0.1, 0.15) is 5.69 Å². The fourth-order valence-electron chi connectivity index (χ4n) is 1.43. The maximum absolute atomic E-state index is 7.36. The van der Waals surface area contributed by atoms with E-state index in [-0.39, 0.29) is 17.4 Å². The van der Waals surface area contributed by atoms with Gasteiger partial charge < -0.3 is 15.2 Å². The maximum atomic E-state index is 7.36. The normalized spacial score (nSPS) is 9.89. The van der Waals surface area contributed by atoms with Gasteiger partial charge in [-0.15, -0.1) is 0 Å². The van der Waals surface area contributed by atoms with Crippen molar-refractivity contribution in [3.05, 3.63) is 48.4 Å². The Morgan fingerprint density at radius 1 is 1.05 bits per heavy atom. The van der Waals surface area contributed by atoms with Crippen molar-refractivity contribution in [2.45, 2.75) is 0 Å². The number of nitrogens with two attached hydrogens (primary N) is 1. The third kappa shape index (κ3) is 3.67. The van der Waals surface area contributed by atoms with Crippen LogP contribution in [-0.2, 0) is 0 Å². The summed E-state index contributed by atoms with van der Waals surface area (Å²) < 4.78 is 10.9. The number of nitrogens with zero attached hydrogens (tertiary/aromatic N) is 2. The Bertz CT molecular complexity index is 545. The van der Waals surface area contributed by atoms with Crippen molar-refractivity contribution in [1.82, 2.24) is 9.97 Å². The molecule has 2 aromatic rings. The van der Waals surface area contributed by atoms with Gasteiger partial charge in [0.15, 0.2) is 5.69 Å². The molecule has 1 heterocycles. The van der Waals surface area contributed by atoms with Crippen molar-refractivity contribution in [3.8, 4) is 11.6 Å². The van der Waals surface area contributed by atoms with Crippen molar-refractivity contribution in [2.24, 2.45) is 5.73 Å². The molecule has 19 heavy (non-hydrogen) atoms. The third-order valence-electron chi connectivity index (χ3n) is 2.25. The molecule has 0 saturated heterocycles. The highest BCUT2D eigenvalue weighted by Crippen LogP contribution is 2.11. The summed E-state index contributed by atoms with van der Waals surface area (Å²) in [5.41, 5.74) is 5.62. The molecular formula is C13H14N4O2. The van der Waals surface area contributed by atoms with Gasteiger partial charge in [0.1, 0.15) is 24.8 Å². The number of aromatic nitrogens is 2. The number of para-hydroxylation sites is 1. The summed E-state index contributed by atoms with van der Waals surface area (Å²) >= 11 is 0. The topological polar surface area (TPSA) is 94.1 Å². The van der Waals surface area contributed by atoms with Crippen LogP contribution in [0.15, 0.2) is 42.7 Å². The second-order valence-electron chi connectivity index (χ2n) is 3.63. The molecule has 0 atom stereocenters. The van der Waals surface area contributed by atoms with Gasteiger partial charge in [-0.3, -0.25) is 5.41 Å². The predicted octanol–water partition coefficient (Wildman–Crippen LogP) is 1.22. The molecule has 6 nitrogen and oxygen atoms in total. The second kappa shape index (κ2) is 6.34. The molecule has 1 aromatic heterocycles. The van der Waals surface area contributed by atoms with E-state index in [0.717, 1.165) is 5.75 Å². The van der Waals surface area contributed by atoms with Crippen LogP contribution < -0.4 is 15.2 Å². The smallest absolute Gasteiger partial charge is 0.243 e. The molecule has 3 N–H and O–H groups in total. The van der Waals surface area contributed by atoms with Crippen LogP contribution in [0.5, 0.6) is 11.6 Å². The average molecular weight is 258 g/mol. The van der Waals surface area contributed by atoms with Crippen molar-refractivity contribution in [1.29, 1.82) is 5.41 Å². The Morgan fingerprint density at radius 3 is 2.47 bits per heavy atom. The SMILES string of the molecule is N=C(N)c1nccnc1OCCOc1ccccc1. The monoisotopic (exact) mass is 258 g/mol. The highest BCUT2D eigenvalue weighted by atomic mass is 16.5. The number of hydrogen-bond donors (Lipinski definition) is 2. The Balaban J connectivity index is 1.85. The molecule has 1 aromatic carbocycles. The summed E-state index contributed by atoms with van der Waals surface area (Å²) in [6.45, 7) is 0.672. The van der Waals surface area contributed by atoms with Crippen LogP contribution in [0.2, 0.25) is 0 Å². The van der Waals surface area contributed by atoms with E-state index in [2.05, 4.69) is 9.97 Å². The van der Waals surface area contributed by atoms with Crippen LogP contribution in [0, 0.1) is 5.41 Å². The molecule has 0 aliphatic carbocycles. The summed E-state index contributed by atoms with van der Waals surface area (Å²) in [5.74, 6) is 0.843. The molecule has 2 rings (SSSR count). The Morgan fingerprint density at radius 2 is 1.74 bits per heavy atom. The number of rotatable bonds is 6. The van der Waals surface area contributed by atoms with Gasteiger partial charge in [0.2, 0.25) is 5.88 Å². The standard InChI is InChI=1S/C13H14N4O2/c14-12(15)11-13(17-7-6-16-11)19-9-8-18-10-4-2-1-3-5-10/h1-7H,8-9H2,(H3,14,15). The molecule has 0 bridgehead atoms. The zero-order valence-corrected chi connectivity index (χ0v) is 10.2. The summed E-state index contributed by atoms with van der Waals surface area (Å²) in [6, 6.07) is 9.44. The minimum Gasteiger partial charge on any atom is -0.490 e. The van der Waals surface area contributed by atoms with Crippen molar-refractivity contribution >= 4 is 5.84 Å². The highest BCUT2D eigenvalue weighted by molar-refractivity contribution is 5.94. The fraction of sp³-hybridized carbons (Fsp3) is 0.154. The third-order valence-corrected chi connectivity index (χ3v) is 2.25. The first kappa shape index (κ1) is 12.8. The lowest BCUT2D eigenvalue weighted by Crippen LogP contribution is -2.17. The van der Waals surface area contributed by atoms with E-state index >= 15 is 0 Å². The van der Waals surface area contributed by atoms with Crippen LogP contribution >= 0.6 is 0 Å². The van der Waals surface area contributed by atoms with E-state index in [1.54, 1.807) is 0 Å². The molecule has 0 saturated carbocycles. The summed E-state index contributed by atoms with van der Waals surface area (Å²) in [6.07, 6.45) is 2.95. The second-order valence-corrected chi connectivity index (χ2v) is 3.63. The van der Waals surface area contributed by atoms with Crippen molar-refractivity contribution < 1.29 is 9.47 Å². The molecule has 0 aliphatic rings. The highest BCUT2D eigenvalue weighted by Gasteiger charge is 2.08. The first-order valence-corrected chi connectivity index (χ1v) is 5.73. The van der Waals surface area contributed by atoms with E-state index in [1.165, 1.54) is 12.4 Å². The Hall–Kier alpha value is -2.63. The van der Waals surface area contributed by atoms with Gasteiger partial charge >= 0.3 is 0 Å². The first-order chi connectivity index (χ1) is 9.27. The van der Waals surface area contributed by atoms with Gasteiger partial charge in [0.25, 0.3) is 0 Å². The number of ether oxygens (including phenoxy) is 2. The van der Waals surface area contributed by atoms with Gasteiger partial charge in [0, 0.05) is 12.4 Å². The summed E-state index contributed by atoms with van der Waals surface area (Å²) in [7, 11) is 0. The lowest BCUT2D eigenvalue weighted by molar-refractivity contribution is 0.211. The molecule has 0 aliphatic heterocycles. The summed E-state index contributed by atoms with van der Waals surface area (Å²) in [4.78, 5) is 7.92. The molecule has 0 radical (unpaired) electrons. The lowest BCUT2D eigenvalue weighted by Gasteiger charge is -2.09. The van der Waals surface area contributed by atoms with E-state index in [1.807, 2.05) is 30.3 Å². The maximum Gasteiger partial charge on any atom is 0.243 e. The minimum atomic E-state index is -0.174. The Kier molecular flexibility index (Phi) is 4.28. The van der Waals surface area contributed by atoms with Gasteiger partial charge in [-0.05, 0) is 12.1 Å². The molecule has 0 spiro atoms. The van der Waals surface area contributed by atoms with Gasteiger partial charge in [-0.2, -0.15) is 0 Å². The number of hydrogen-bond acceptors (Lipinski definition) is 5. The molecule has 0 amide bonds. The predicted molar refractivity (Wildman–Crippen MR) is 70.5 cm³/mol. The molecule has 0 unspecified atom stereocenters. The van der Waals surface area contributed by atoms with E-state index in [9.17, 15) is 0 Å². The number of nitrogens with one attached hydrogen (secondary N) is 1. The minimum absolute atomic E-state index is 0.174. The van der Waals surface area contributed by atoms with Crippen LogP contribution in [0.3, 0.4) is 0 Å². The van der Waals surface area contributed by atoms with Crippen LogP contribution in [-0.4, -0.2) is 29.0 Å². The zero-order valence-electron chi connectivity index (χ0n) is 10.2. The van der Waals surface area contributed by atoms with Gasteiger partial charge in [0.05, 0.1) is 0 Å². The number of amidine groups is 1. The zero-order chi connectivity index (χ0) is 13.5. The fourth-order valence-corrected chi connectivity index (χ4v) is 1.43. The van der Waals surface area contributed by atoms with E-state index < -0.39 is 0 Å². The molecule has 0 fully saturated rings. The Labute approximate surface area is 110 Å². The van der Waals surface area contributed by atoms with Crippen molar-refractivity contribution in [3.63, 3.8) is 0 Å². The van der Waals surface area contributed by atoms with Crippen LogP contribution in [0.25, 0.3) is 0 Å². The van der Waals surface area contributed by atoms with Gasteiger partial charge in [-0.1, -0.05) is 18.2 Å². The average Bonchev–Trinajstić information content (AvgIpc) is 2.45. The number of nitrogen functional groups attached to an aromatic ring is 1. The largest absolute Gasteiger partial charge is 0.490 e. The molecular weight excluding hydrogens is 244 g/mol. The van der Waals surface area contributed by atoms with E-state index in [0.29, 0.717) is 13.2 Å².